The molecule has 0 fully saturated rings. The van der Waals surface area contributed by atoms with Crippen molar-refractivity contribution in [1.82, 2.24) is 16.0 Å². The van der Waals surface area contributed by atoms with Crippen LogP contribution in [0.15, 0.2) is 281 Å². The molecule has 3 amide bonds. The summed E-state index contributed by atoms with van der Waals surface area (Å²) in [4.78, 5) is 42.8. The fourth-order valence-electron chi connectivity index (χ4n) is 14.4. The maximum absolute atomic E-state index is 15.4. The average molecular weight is 1570 g/mol. The average Bonchev–Trinajstić information content (AvgIpc) is 0.793. The van der Waals surface area contributed by atoms with Crippen LogP contribution in [0.1, 0.15) is 105 Å². The third kappa shape index (κ3) is 23.3. The number of aliphatic hydroxyl groups is 1. The fourth-order valence-corrected chi connectivity index (χ4v) is 14.4. The maximum atomic E-state index is 15.4. The number of carbonyl (C=O) groups is 3. The number of aliphatic hydroxyl groups excluding tert-OH is 1. The largest absolute Gasteiger partial charge is 0.569 e. The molecule has 117 heavy (non-hydrogen) atoms. The van der Waals surface area contributed by atoms with Gasteiger partial charge in [-0.1, -0.05) is 116 Å². The van der Waals surface area contributed by atoms with E-state index in [1.54, 1.807) is 92.1 Å². The molecule has 0 bridgehead atoms. The van der Waals surface area contributed by atoms with Gasteiger partial charge in [-0.05, 0) is 142 Å². The lowest BCUT2D eigenvalue weighted by atomic mass is 9.77. The predicted molar refractivity (Wildman–Crippen MR) is 444 cm³/mol. The zero-order chi connectivity index (χ0) is 82.2. The van der Waals surface area contributed by atoms with Crippen molar-refractivity contribution >= 4 is 65.9 Å². The summed E-state index contributed by atoms with van der Waals surface area (Å²) in [7, 11) is -1.52. The Morgan fingerprint density at radius 1 is 0.402 bits per heavy atom. The van der Waals surface area contributed by atoms with Crippen molar-refractivity contribution in [3.8, 4) is 61.8 Å². The Balaban J connectivity index is 0.849. The molecule has 587 valence electrons. The second-order valence-corrected chi connectivity index (χ2v) is 29.0. The van der Waals surface area contributed by atoms with Gasteiger partial charge in [-0.3, -0.25) is 14.4 Å². The van der Waals surface area contributed by atoms with E-state index in [-0.39, 0.29) is 55.1 Å². The normalized spacial score (nSPS) is 11.5. The van der Waals surface area contributed by atoms with E-state index in [0.717, 1.165) is 50.1 Å². The molecule has 2 unspecified atom stereocenters. The zero-order valence-electron chi connectivity index (χ0n) is 65.3. The molecule has 28 heteroatoms. The maximum Gasteiger partial charge on any atom is 0.569 e. The number of hydrogen-bond donors (Lipinski definition) is 11. The highest BCUT2D eigenvalue weighted by atomic mass is 16.5. The van der Waals surface area contributed by atoms with Crippen LogP contribution in [0.2, 0.25) is 0 Å². The molecule has 0 spiro atoms. The Kier molecular flexibility index (Phi) is 29.8. The van der Waals surface area contributed by atoms with Crippen LogP contribution >= 0.6 is 0 Å². The predicted octanol–water partition coefficient (Wildman–Crippen LogP) is 4.68. The van der Waals surface area contributed by atoms with Gasteiger partial charge in [-0.25, -0.2) is 9.13 Å². The first-order chi connectivity index (χ1) is 56.8. The van der Waals surface area contributed by atoms with Gasteiger partial charge in [-0.2, -0.15) is 18.3 Å². The molecule has 0 saturated carbocycles. The second kappa shape index (κ2) is 41.4. The summed E-state index contributed by atoms with van der Waals surface area (Å²) in [5, 5.41) is 92.4. The van der Waals surface area contributed by atoms with E-state index in [4.69, 9.17) is 14.0 Å². The van der Waals surface area contributed by atoms with E-state index >= 15 is 4.79 Å². The van der Waals surface area contributed by atoms with Crippen LogP contribution in [0.25, 0.3) is 44.5 Å². The molecule has 0 aliphatic carbocycles. The first-order valence-corrected chi connectivity index (χ1v) is 38.8. The summed E-state index contributed by atoms with van der Waals surface area (Å²) in [6, 6.07) is 59.2. The number of amides is 3. The van der Waals surface area contributed by atoms with E-state index in [1.807, 2.05) is 176 Å². The lowest BCUT2D eigenvalue weighted by molar-refractivity contribution is -0.689. The molecular formula is C89H93B5N9O14+6. The third-order valence-electron chi connectivity index (χ3n) is 20.4. The number of para-hydroxylation sites is 3. The molecule has 11 N–H and O–H groups in total. The van der Waals surface area contributed by atoms with Crippen molar-refractivity contribution in [3.63, 3.8) is 0 Å². The van der Waals surface area contributed by atoms with Gasteiger partial charge in [-0.15, -0.1) is 0 Å². The van der Waals surface area contributed by atoms with Gasteiger partial charge >= 0.3 is 37.3 Å². The minimum absolute atomic E-state index is 0.138. The van der Waals surface area contributed by atoms with Gasteiger partial charge in [0.15, 0.2) is 114 Å². The molecule has 3 radical (unpaired) electrons. The van der Waals surface area contributed by atoms with Crippen LogP contribution in [0.3, 0.4) is 0 Å². The zero-order valence-corrected chi connectivity index (χ0v) is 65.3. The summed E-state index contributed by atoms with van der Waals surface area (Å²) >= 11 is 0. The Morgan fingerprint density at radius 2 is 0.752 bits per heavy atom. The second-order valence-electron chi connectivity index (χ2n) is 29.0. The van der Waals surface area contributed by atoms with E-state index in [9.17, 15) is 49.9 Å². The van der Waals surface area contributed by atoms with Gasteiger partial charge < -0.3 is 70.2 Å². The Bertz CT molecular complexity index is 5470. The SMILES string of the molecule is C=C(C)C(=O)NCCCCC(O)C(CCCCNC(=O)c1cc(-c2cc(-c3ccc[n+](Cc4ccccc4B(O)O)c3)c[n+](Cc3ccccc3O[B]O)c2)c[n+](Cc2ccccc2B(O)O)c1)NC(=O)c1cc(-c2cc(-c3ccc[n+](Cc4ccccc4O[B]O)c3)c[n+](Cc3ccccc3C)c2)c[n+](Cc2ccccc2O[B]O)c1. The van der Waals surface area contributed by atoms with Gasteiger partial charge in [0.25, 0.3) is 11.8 Å². The highest BCUT2D eigenvalue weighted by molar-refractivity contribution is 6.59. The molecule has 6 aromatic carbocycles. The summed E-state index contributed by atoms with van der Waals surface area (Å²) in [5.41, 5.74) is 13.6. The van der Waals surface area contributed by atoms with Crippen molar-refractivity contribution in [1.29, 1.82) is 0 Å². The molecular weight excluding hydrogens is 1470 g/mol. The minimum atomic E-state index is -1.78. The molecule has 12 aromatic rings. The van der Waals surface area contributed by atoms with E-state index in [2.05, 4.69) is 64.6 Å². The van der Waals surface area contributed by atoms with Crippen molar-refractivity contribution < 1.29 is 96.0 Å². The van der Waals surface area contributed by atoms with Gasteiger partial charge in [0.05, 0.1) is 73.3 Å². The van der Waals surface area contributed by atoms with Crippen LogP contribution < -0.4 is 68.2 Å². The number of nitrogens with one attached hydrogen (secondary N) is 3. The number of aryl methyl sites for hydroxylation is 1. The minimum Gasteiger partial charge on any atom is -0.537 e. The fraction of sp³-hybridized carbons (Fsp3) is 0.202. The first kappa shape index (κ1) is 84.2. The Morgan fingerprint density at radius 3 is 1.21 bits per heavy atom. The molecule has 0 saturated heterocycles. The number of carbonyl (C=O) groups excluding carboxylic acids is 3. The lowest BCUT2D eigenvalue weighted by Gasteiger charge is -2.24. The third-order valence-corrected chi connectivity index (χ3v) is 20.4. The van der Waals surface area contributed by atoms with Crippen LogP contribution in [0.5, 0.6) is 17.2 Å². The summed E-state index contributed by atoms with van der Waals surface area (Å²) < 4.78 is 28.4. The van der Waals surface area contributed by atoms with E-state index in [0.29, 0.717) is 143 Å². The molecule has 12 rings (SSSR count). The first-order valence-electron chi connectivity index (χ1n) is 38.8. The lowest BCUT2D eigenvalue weighted by Crippen LogP contribution is -2.44. The number of nitrogens with zero attached hydrogens (tertiary/aromatic N) is 6. The van der Waals surface area contributed by atoms with Crippen molar-refractivity contribution in [2.45, 2.75) is 104 Å². The molecule has 2 atom stereocenters. The van der Waals surface area contributed by atoms with Crippen LogP contribution in [0.4, 0.5) is 0 Å². The topological polar surface area (TPSA) is 300 Å². The van der Waals surface area contributed by atoms with E-state index in [1.165, 1.54) is 0 Å². The number of rotatable bonds is 39. The quantitative estimate of drug-likeness (QED) is 0.0108. The van der Waals surface area contributed by atoms with Crippen LogP contribution in [-0.2, 0) is 44.1 Å². The van der Waals surface area contributed by atoms with Crippen molar-refractivity contribution in [3.05, 3.63) is 331 Å². The number of pyridine rings is 6. The number of benzene rings is 6. The standard InChI is InChI=1S/C89H90B5N9O14/c1-62(2)87(105)95-38-19-17-34-83(104)82(97-89(107)79-45-77(59-103(61-79)53-71-28-10-15-37-86(71)117-92-110)74-42-72(54-100(56-74)46-64-23-5-4-22-63(64)3)66-30-21-41-99(48-66)51-69-26-8-13-35-84(69)115-90-108)33-16-18-39-96-88(106)78-44-76(58-101(60-78)50-68-25-7-12-32-81(68)94(113)114)75-43-73(55-102(57-75)52-70-27-9-14-36-85(70)116-91-109)65-29-20-40-98(47-65)49-67-24-6-11-31-80(67)93(111)112/h4-15,20-32,35-37,40-45,47-48,54-61,82-83,104,108-114H,1,16-19,33-34,38-39,46,49-53H2,2-3H3/q+3/p+3. The summed E-state index contributed by atoms with van der Waals surface area (Å²) in [6.45, 7) is 9.92. The van der Waals surface area contributed by atoms with Gasteiger partial charge in [0.2, 0.25) is 5.91 Å². The summed E-state index contributed by atoms with van der Waals surface area (Å²) in [5.74, 6) is 0.220. The van der Waals surface area contributed by atoms with Gasteiger partial charge in [0.1, 0.15) is 28.4 Å². The van der Waals surface area contributed by atoms with Gasteiger partial charge in [0, 0.05) is 47.5 Å². The molecule has 0 aliphatic rings. The monoisotopic (exact) mass is 1570 g/mol. The number of hydrogen-bond acceptors (Lipinski definition) is 14. The highest BCUT2D eigenvalue weighted by Gasteiger charge is 2.29. The van der Waals surface area contributed by atoms with Crippen molar-refractivity contribution in [2.24, 2.45) is 0 Å². The number of aromatic nitrogens is 6. The van der Waals surface area contributed by atoms with Crippen LogP contribution in [0, 0.1) is 6.92 Å². The highest BCUT2D eigenvalue weighted by Crippen LogP contribution is 2.30. The van der Waals surface area contributed by atoms with Crippen molar-refractivity contribution in [2.75, 3.05) is 13.1 Å². The van der Waals surface area contributed by atoms with Crippen LogP contribution in [-0.4, -0.2) is 121 Å². The smallest absolute Gasteiger partial charge is 0.537 e. The molecule has 0 aliphatic heterocycles. The Hall–Kier alpha value is -12.2. The molecule has 23 nitrogen and oxygen atoms in total. The molecule has 6 heterocycles. The molecule has 6 aromatic heterocycles. The summed E-state index contributed by atoms with van der Waals surface area (Å²) in [6.07, 6.45) is 24.7. The number of unbranched alkanes of at least 4 members (excludes halogenated alkanes) is 2. The Labute approximate surface area is 683 Å². The van der Waals surface area contributed by atoms with E-state index < -0.39 is 38.2 Å².